The highest BCUT2D eigenvalue weighted by Gasteiger charge is 2.24. The standard InChI is InChI=1S/C20H36N4O/c1-14(2)13-24-16(4)18(15(3)23-24)10-11-20(25)22-19(12-21)17-8-6-5-7-9-17/h14,17,19H,5-13,21H2,1-4H3,(H,22,25). The zero-order valence-electron chi connectivity index (χ0n) is 16.5. The van der Waals surface area contributed by atoms with Crippen LogP contribution in [0.4, 0.5) is 0 Å². The first-order chi connectivity index (χ1) is 11.9. The van der Waals surface area contributed by atoms with Gasteiger partial charge in [-0.2, -0.15) is 5.10 Å². The summed E-state index contributed by atoms with van der Waals surface area (Å²) >= 11 is 0. The second kappa shape index (κ2) is 9.37. The molecule has 0 aromatic carbocycles. The Kier molecular flexibility index (Phi) is 7.48. The number of nitrogens with one attached hydrogen (secondary N) is 1. The lowest BCUT2D eigenvalue weighted by Gasteiger charge is -2.30. The van der Waals surface area contributed by atoms with Gasteiger partial charge in [-0.1, -0.05) is 33.1 Å². The molecular formula is C20H36N4O. The SMILES string of the molecule is Cc1nn(CC(C)C)c(C)c1CCC(=O)NC(CN)C1CCCCC1. The third-order valence-electron chi connectivity index (χ3n) is 5.49. The van der Waals surface area contributed by atoms with Crippen molar-refractivity contribution in [2.45, 2.75) is 85.2 Å². The van der Waals surface area contributed by atoms with Crippen molar-refractivity contribution in [1.29, 1.82) is 0 Å². The maximum atomic E-state index is 12.4. The monoisotopic (exact) mass is 348 g/mol. The molecule has 1 amide bonds. The number of carbonyl (C=O) groups is 1. The quantitative estimate of drug-likeness (QED) is 0.758. The van der Waals surface area contributed by atoms with Crippen LogP contribution in [-0.4, -0.2) is 28.3 Å². The largest absolute Gasteiger partial charge is 0.352 e. The van der Waals surface area contributed by atoms with Crippen molar-refractivity contribution in [3.05, 3.63) is 17.0 Å². The van der Waals surface area contributed by atoms with Crippen LogP contribution in [0.25, 0.3) is 0 Å². The van der Waals surface area contributed by atoms with Gasteiger partial charge in [0.15, 0.2) is 0 Å². The summed E-state index contributed by atoms with van der Waals surface area (Å²) in [5, 5.41) is 7.84. The Bertz CT molecular complexity index is 558. The maximum Gasteiger partial charge on any atom is 0.220 e. The molecule has 5 nitrogen and oxygen atoms in total. The predicted molar refractivity (Wildman–Crippen MR) is 102 cm³/mol. The summed E-state index contributed by atoms with van der Waals surface area (Å²) in [7, 11) is 0. The Labute approximate surface area is 152 Å². The number of hydrogen-bond donors (Lipinski definition) is 2. The van der Waals surface area contributed by atoms with Crippen LogP contribution >= 0.6 is 0 Å². The van der Waals surface area contributed by atoms with E-state index in [2.05, 4.69) is 35.9 Å². The first-order valence-corrected chi connectivity index (χ1v) is 9.94. The molecule has 1 aliphatic rings. The zero-order valence-corrected chi connectivity index (χ0v) is 16.5. The lowest BCUT2D eigenvalue weighted by molar-refractivity contribution is -0.122. The molecule has 0 aliphatic heterocycles. The van der Waals surface area contributed by atoms with E-state index in [4.69, 9.17) is 5.73 Å². The second-order valence-corrected chi connectivity index (χ2v) is 8.03. The van der Waals surface area contributed by atoms with Gasteiger partial charge in [0.05, 0.1) is 5.69 Å². The van der Waals surface area contributed by atoms with Crippen molar-refractivity contribution < 1.29 is 4.79 Å². The van der Waals surface area contributed by atoms with E-state index in [9.17, 15) is 4.79 Å². The molecule has 1 aromatic heterocycles. The van der Waals surface area contributed by atoms with Crippen LogP contribution in [0.2, 0.25) is 0 Å². The van der Waals surface area contributed by atoms with Gasteiger partial charge in [0.2, 0.25) is 5.91 Å². The third-order valence-corrected chi connectivity index (χ3v) is 5.49. The first-order valence-electron chi connectivity index (χ1n) is 9.94. The average molecular weight is 349 g/mol. The molecule has 0 radical (unpaired) electrons. The molecule has 1 fully saturated rings. The van der Waals surface area contributed by atoms with Gasteiger partial charge in [0.1, 0.15) is 0 Å². The number of nitrogens with two attached hydrogens (primary N) is 1. The van der Waals surface area contributed by atoms with E-state index in [1.54, 1.807) is 0 Å². The number of aryl methyl sites for hydroxylation is 1. The predicted octanol–water partition coefficient (Wildman–Crippen LogP) is 3.11. The Balaban J connectivity index is 1.89. The van der Waals surface area contributed by atoms with Gasteiger partial charge in [-0.3, -0.25) is 9.48 Å². The highest BCUT2D eigenvalue weighted by molar-refractivity contribution is 5.76. The number of carbonyl (C=O) groups excluding carboxylic acids is 1. The lowest BCUT2D eigenvalue weighted by Crippen LogP contribution is -2.46. The van der Waals surface area contributed by atoms with Crippen molar-refractivity contribution in [3.8, 4) is 0 Å². The molecule has 3 N–H and O–H groups in total. The highest BCUT2D eigenvalue weighted by atomic mass is 16.1. The smallest absolute Gasteiger partial charge is 0.220 e. The molecular weight excluding hydrogens is 312 g/mol. The van der Waals surface area contributed by atoms with E-state index in [-0.39, 0.29) is 11.9 Å². The summed E-state index contributed by atoms with van der Waals surface area (Å²) in [5.74, 6) is 1.24. The molecule has 1 atom stereocenters. The first kappa shape index (κ1) is 20.0. The molecule has 5 heteroatoms. The molecule has 0 bridgehead atoms. The lowest BCUT2D eigenvalue weighted by atomic mass is 9.84. The van der Waals surface area contributed by atoms with Crippen molar-refractivity contribution in [2.24, 2.45) is 17.6 Å². The maximum absolute atomic E-state index is 12.4. The third kappa shape index (κ3) is 5.56. The Morgan fingerprint density at radius 3 is 2.56 bits per heavy atom. The Morgan fingerprint density at radius 1 is 1.28 bits per heavy atom. The minimum atomic E-state index is 0.122. The molecule has 25 heavy (non-hydrogen) atoms. The van der Waals surface area contributed by atoms with Gasteiger partial charge in [0.25, 0.3) is 0 Å². The Morgan fingerprint density at radius 2 is 1.96 bits per heavy atom. The summed E-state index contributed by atoms with van der Waals surface area (Å²) in [6.45, 7) is 10.0. The van der Waals surface area contributed by atoms with Crippen LogP contribution in [0.1, 0.15) is 69.3 Å². The topological polar surface area (TPSA) is 72.9 Å². The molecule has 1 heterocycles. The van der Waals surface area contributed by atoms with Crippen LogP contribution in [0.15, 0.2) is 0 Å². The second-order valence-electron chi connectivity index (χ2n) is 8.03. The molecule has 1 aromatic rings. The molecule has 0 spiro atoms. The summed E-state index contributed by atoms with van der Waals surface area (Å²) in [6.07, 6.45) is 7.52. The van der Waals surface area contributed by atoms with E-state index >= 15 is 0 Å². The average Bonchev–Trinajstić information content (AvgIpc) is 2.84. The fraction of sp³-hybridized carbons (Fsp3) is 0.800. The fourth-order valence-electron chi connectivity index (χ4n) is 4.04. The number of amides is 1. The molecule has 0 saturated heterocycles. The van der Waals surface area contributed by atoms with Crippen LogP contribution < -0.4 is 11.1 Å². The minimum Gasteiger partial charge on any atom is -0.352 e. The van der Waals surface area contributed by atoms with Crippen LogP contribution in [0.5, 0.6) is 0 Å². The van der Waals surface area contributed by atoms with Crippen molar-refractivity contribution in [2.75, 3.05) is 6.54 Å². The van der Waals surface area contributed by atoms with Crippen LogP contribution in [0.3, 0.4) is 0 Å². The number of nitrogens with zero attached hydrogens (tertiary/aromatic N) is 2. The van der Waals surface area contributed by atoms with Crippen LogP contribution in [0, 0.1) is 25.7 Å². The number of aromatic nitrogens is 2. The molecule has 1 saturated carbocycles. The minimum absolute atomic E-state index is 0.122. The number of hydrogen-bond acceptors (Lipinski definition) is 3. The van der Waals surface area contributed by atoms with Crippen LogP contribution in [-0.2, 0) is 17.8 Å². The van der Waals surface area contributed by atoms with Crippen molar-refractivity contribution in [1.82, 2.24) is 15.1 Å². The molecule has 142 valence electrons. The summed E-state index contributed by atoms with van der Waals surface area (Å²) in [4.78, 5) is 12.4. The van der Waals surface area contributed by atoms with Crippen molar-refractivity contribution in [3.63, 3.8) is 0 Å². The fourth-order valence-corrected chi connectivity index (χ4v) is 4.04. The van der Waals surface area contributed by atoms with E-state index in [0.717, 1.165) is 18.7 Å². The molecule has 2 rings (SSSR count). The van der Waals surface area contributed by atoms with E-state index < -0.39 is 0 Å². The highest BCUT2D eigenvalue weighted by Crippen LogP contribution is 2.26. The molecule has 1 unspecified atom stereocenters. The van der Waals surface area contributed by atoms with Gasteiger partial charge in [0, 0.05) is 31.2 Å². The summed E-state index contributed by atoms with van der Waals surface area (Å²) in [6, 6.07) is 0.138. The van der Waals surface area contributed by atoms with E-state index in [1.165, 1.54) is 43.4 Å². The normalized spacial score (nSPS) is 17.0. The Hall–Kier alpha value is -1.36. The van der Waals surface area contributed by atoms with Gasteiger partial charge in [-0.15, -0.1) is 0 Å². The van der Waals surface area contributed by atoms with E-state index in [1.807, 2.05) is 6.92 Å². The van der Waals surface area contributed by atoms with Gasteiger partial charge < -0.3 is 11.1 Å². The number of rotatable bonds is 8. The zero-order chi connectivity index (χ0) is 18.4. The van der Waals surface area contributed by atoms with Crippen molar-refractivity contribution >= 4 is 5.91 Å². The van der Waals surface area contributed by atoms with Gasteiger partial charge in [-0.25, -0.2) is 0 Å². The summed E-state index contributed by atoms with van der Waals surface area (Å²) in [5.41, 5.74) is 9.39. The van der Waals surface area contributed by atoms with Gasteiger partial charge in [-0.05, 0) is 50.5 Å². The van der Waals surface area contributed by atoms with E-state index in [0.29, 0.717) is 24.8 Å². The molecule has 1 aliphatic carbocycles. The summed E-state index contributed by atoms with van der Waals surface area (Å²) < 4.78 is 2.08. The van der Waals surface area contributed by atoms with Gasteiger partial charge >= 0.3 is 0 Å².